The van der Waals surface area contributed by atoms with Crippen molar-refractivity contribution in [2.45, 2.75) is 31.7 Å². The van der Waals surface area contributed by atoms with E-state index in [9.17, 15) is 4.79 Å². The molecule has 1 aliphatic heterocycles. The molecule has 1 amide bonds. The highest BCUT2D eigenvalue weighted by molar-refractivity contribution is 7.18. The maximum atomic E-state index is 12.6. The number of benzene rings is 1. The summed E-state index contributed by atoms with van der Waals surface area (Å²) < 4.78 is 6.60. The molecule has 0 unspecified atom stereocenters. The van der Waals surface area contributed by atoms with E-state index in [0.717, 1.165) is 42.2 Å². The van der Waals surface area contributed by atoms with E-state index < -0.39 is 0 Å². The van der Waals surface area contributed by atoms with Gasteiger partial charge in [-0.05, 0) is 44.0 Å². The van der Waals surface area contributed by atoms with Crippen LogP contribution in [0, 0.1) is 0 Å². The fraction of sp³-hybridized carbons (Fsp3) is 0.400. The van der Waals surface area contributed by atoms with Crippen LogP contribution in [0.2, 0.25) is 0 Å². The Labute approximate surface area is 157 Å². The number of carbonyl (C=O) groups is 1. The Bertz CT molecular complexity index is 841. The summed E-state index contributed by atoms with van der Waals surface area (Å²) in [4.78, 5) is 19.4. The van der Waals surface area contributed by atoms with Gasteiger partial charge in [0.1, 0.15) is 5.76 Å². The lowest BCUT2D eigenvalue weighted by molar-refractivity contribution is -0.131. The summed E-state index contributed by atoms with van der Waals surface area (Å²) in [5, 5.41) is 4.41. The first-order valence-corrected chi connectivity index (χ1v) is 9.92. The third-order valence-electron chi connectivity index (χ3n) is 4.96. The molecule has 136 valence electrons. The Balaban J connectivity index is 1.37. The number of thiazole rings is 1. The van der Waals surface area contributed by atoms with Crippen molar-refractivity contribution < 1.29 is 9.21 Å². The number of hydrogen-bond acceptors (Lipinski definition) is 5. The zero-order chi connectivity index (χ0) is 17.9. The van der Waals surface area contributed by atoms with Crippen LogP contribution in [0.25, 0.3) is 10.2 Å². The maximum Gasteiger partial charge on any atom is 0.236 e. The number of nitrogens with zero attached hydrogens (tertiary/aromatic N) is 2. The zero-order valence-corrected chi connectivity index (χ0v) is 15.7. The maximum absolute atomic E-state index is 12.6. The molecule has 1 fully saturated rings. The lowest BCUT2D eigenvalue weighted by Crippen LogP contribution is -2.43. The van der Waals surface area contributed by atoms with Gasteiger partial charge in [0, 0.05) is 19.0 Å². The van der Waals surface area contributed by atoms with Crippen molar-refractivity contribution in [3.63, 3.8) is 0 Å². The fourth-order valence-electron chi connectivity index (χ4n) is 3.46. The lowest BCUT2D eigenvalue weighted by atomic mass is 9.98. The highest BCUT2D eigenvalue weighted by atomic mass is 32.1. The molecule has 1 saturated heterocycles. The normalized spacial score (nSPS) is 19.0. The number of hydrogen-bond donors (Lipinski definition) is 1. The minimum absolute atomic E-state index is 0.0267. The van der Waals surface area contributed by atoms with Gasteiger partial charge in [0.15, 0.2) is 0 Å². The van der Waals surface area contributed by atoms with Gasteiger partial charge in [-0.1, -0.05) is 12.1 Å². The monoisotopic (exact) mass is 369 g/mol. The van der Waals surface area contributed by atoms with Gasteiger partial charge in [0.25, 0.3) is 0 Å². The highest BCUT2D eigenvalue weighted by Gasteiger charge is 2.27. The molecule has 3 aromatic rings. The van der Waals surface area contributed by atoms with Gasteiger partial charge in [-0.15, -0.1) is 11.3 Å². The topological polar surface area (TPSA) is 58.4 Å². The van der Waals surface area contributed by atoms with Crippen molar-refractivity contribution in [2.24, 2.45) is 0 Å². The summed E-state index contributed by atoms with van der Waals surface area (Å²) in [6, 6.07) is 12.1. The van der Waals surface area contributed by atoms with E-state index in [4.69, 9.17) is 9.40 Å². The molecular weight excluding hydrogens is 346 g/mol. The number of piperidine rings is 1. The van der Waals surface area contributed by atoms with E-state index in [1.54, 1.807) is 17.6 Å². The van der Waals surface area contributed by atoms with Crippen LogP contribution in [0.1, 0.15) is 42.5 Å². The van der Waals surface area contributed by atoms with Crippen LogP contribution < -0.4 is 5.32 Å². The van der Waals surface area contributed by atoms with Crippen LogP contribution >= 0.6 is 11.3 Å². The first kappa shape index (κ1) is 17.2. The lowest BCUT2D eigenvalue weighted by Gasteiger charge is -2.32. The van der Waals surface area contributed by atoms with Gasteiger partial charge in [-0.3, -0.25) is 10.1 Å². The molecule has 5 nitrogen and oxygen atoms in total. The van der Waals surface area contributed by atoms with Gasteiger partial charge >= 0.3 is 0 Å². The number of likely N-dealkylation sites (tertiary alicyclic amines) is 1. The minimum Gasteiger partial charge on any atom is -0.468 e. The largest absolute Gasteiger partial charge is 0.468 e. The van der Waals surface area contributed by atoms with Crippen LogP contribution in [0.3, 0.4) is 0 Å². The molecule has 26 heavy (non-hydrogen) atoms. The number of rotatable bonds is 5. The molecule has 1 N–H and O–H groups in total. The van der Waals surface area contributed by atoms with E-state index >= 15 is 0 Å². The molecule has 2 aromatic heterocycles. The smallest absolute Gasteiger partial charge is 0.236 e. The third-order valence-corrected chi connectivity index (χ3v) is 6.16. The van der Waals surface area contributed by atoms with Gasteiger partial charge < -0.3 is 9.32 Å². The number of fused-ring (bicyclic) bond motifs is 1. The van der Waals surface area contributed by atoms with Crippen LogP contribution in [0.5, 0.6) is 0 Å². The molecule has 1 aliphatic rings. The van der Waals surface area contributed by atoms with E-state index in [1.165, 1.54) is 4.70 Å². The Morgan fingerprint density at radius 3 is 3.08 bits per heavy atom. The molecule has 0 spiro atoms. The third kappa shape index (κ3) is 3.66. The molecule has 0 bridgehead atoms. The first-order chi connectivity index (χ1) is 12.7. The summed E-state index contributed by atoms with van der Waals surface area (Å²) >= 11 is 1.76. The fourth-order valence-corrected chi connectivity index (χ4v) is 4.55. The summed E-state index contributed by atoms with van der Waals surface area (Å²) in [5.41, 5.74) is 1.06. The first-order valence-electron chi connectivity index (χ1n) is 9.11. The number of para-hydroxylation sites is 1. The quantitative estimate of drug-likeness (QED) is 0.740. The van der Waals surface area contributed by atoms with Crippen LogP contribution in [0.4, 0.5) is 0 Å². The van der Waals surface area contributed by atoms with Gasteiger partial charge in [-0.2, -0.15) is 0 Å². The molecule has 1 aromatic carbocycles. The second-order valence-electron chi connectivity index (χ2n) is 6.82. The van der Waals surface area contributed by atoms with Crippen molar-refractivity contribution in [3.8, 4) is 0 Å². The molecule has 6 heteroatoms. The van der Waals surface area contributed by atoms with Crippen molar-refractivity contribution in [1.29, 1.82) is 0 Å². The zero-order valence-electron chi connectivity index (χ0n) is 14.9. The van der Waals surface area contributed by atoms with Crippen molar-refractivity contribution in [2.75, 3.05) is 19.6 Å². The molecule has 2 atom stereocenters. The highest BCUT2D eigenvalue weighted by Crippen LogP contribution is 2.32. The minimum atomic E-state index is 0.0267. The average molecular weight is 369 g/mol. The molecular formula is C20H23N3O2S. The Morgan fingerprint density at radius 1 is 1.38 bits per heavy atom. The average Bonchev–Trinajstić information content (AvgIpc) is 3.35. The summed E-state index contributed by atoms with van der Waals surface area (Å²) in [6.45, 7) is 3.92. The van der Waals surface area contributed by atoms with E-state index in [2.05, 4.69) is 17.4 Å². The molecule has 0 saturated carbocycles. The molecule has 0 radical (unpaired) electrons. The molecule has 3 heterocycles. The predicted octanol–water partition coefficient (Wildman–Crippen LogP) is 3.95. The number of amides is 1. The number of furan rings is 1. The van der Waals surface area contributed by atoms with E-state index in [0.29, 0.717) is 12.5 Å². The van der Waals surface area contributed by atoms with Crippen molar-refractivity contribution >= 4 is 27.5 Å². The second kappa shape index (κ2) is 7.60. The molecule has 0 aliphatic carbocycles. The van der Waals surface area contributed by atoms with Crippen molar-refractivity contribution in [3.05, 3.63) is 53.4 Å². The van der Waals surface area contributed by atoms with E-state index in [-0.39, 0.29) is 11.9 Å². The standard InChI is InChI=1S/C20H23N3O2S/c1-14(17-8-5-11-25-17)21-12-19(24)23-10-4-6-15(13-23)20-22-16-7-2-3-9-18(16)26-20/h2-3,5,7-9,11,14-15,21H,4,6,10,12-13H2,1H3/t14-,15-/m1/s1. The summed E-state index contributed by atoms with van der Waals surface area (Å²) in [6.07, 6.45) is 3.78. The Kier molecular flexibility index (Phi) is 5.04. The number of aromatic nitrogens is 1. The van der Waals surface area contributed by atoms with Crippen LogP contribution in [0.15, 0.2) is 47.1 Å². The Morgan fingerprint density at radius 2 is 2.27 bits per heavy atom. The van der Waals surface area contributed by atoms with Crippen LogP contribution in [-0.2, 0) is 4.79 Å². The SMILES string of the molecule is C[C@@H](NCC(=O)N1CCC[C@@H](c2nc3ccccc3s2)C1)c1ccco1. The van der Waals surface area contributed by atoms with E-state index in [1.807, 2.05) is 36.1 Å². The number of nitrogens with one attached hydrogen (secondary N) is 1. The van der Waals surface area contributed by atoms with Crippen molar-refractivity contribution in [1.82, 2.24) is 15.2 Å². The predicted molar refractivity (Wildman–Crippen MR) is 103 cm³/mol. The van der Waals surface area contributed by atoms with Gasteiger partial charge in [-0.25, -0.2) is 4.98 Å². The molecule has 4 rings (SSSR count). The summed E-state index contributed by atoms with van der Waals surface area (Å²) in [5.74, 6) is 1.34. The summed E-state index contributed by atoms with van der Waals surface area (Å²) in [7, 11) is 0. The second-order valence-corrected chi connectivity index (χ2v) is 7.88. The van der Waals surface area contributed by atoms with Crippen LogP contribution in [-0.4, -0.2) is 35.4 Å². The number of carbonyl (C=O) groups excluding carboxylic acids is 1. The Hall–Kier alpha value is -2.18. The van der Waals surface area contributed by atoms with Gasteiger partial charge in [0.2, 0.25) is 5.91 Å². The van der Waals surface area contributed by atoms with Gasteiger partial charge in [0.05, 0.1) is 34.1 Å².